The summed E-state index contributed by atoms with van der Waals surface area (Å²) in [6, 6.07) is 0. The number of anilines is 1. The van der Waals surface area contributed by atoms with Gasteiger partial charge in [0, 0.05) is 41.1 Å². The van der Waals surface area contributed by atoms with Gasteiger partial charge in [0.15, 0.2) is 5.71 Å². The molecule has 0 amide bonds. The van der Waals surface area contributed by atoms with Gasteiger partial charge in [-0.3, -0.25) is 0 Å². The number of likely N-dealkylation sites (N-methyl/N-ethyl adjacent to an activating group) is 1. The molecule has 39 heavy (non-hydrogen) atoms. The van der Waals surface area contributed by atoms with Gasteiger partial charge in [0.2, 0.25) is 5.69 Å². The highest BCUT2D eigenvalue weighted by Gasteiger charge is 2.46. The lowest BCUT2D eigenvalue weighted by molar-refractivity contribution is -0.402. The number of allylic oxidation sites excluding steroid dienone is 8. The Labute approximate surface area is 238 Å². The SMILES string of the molecule is Cc1c(C)c(C)c2c(c1C)N(C)C(=CC=CC=CC=CC1=[N+](C)c3c(C)c(C)c(C)c(C)c3C1(C)C)C2(C)C. The third-order valence-corrected chi connectivity index (χ3v) is 10.2. The van der Waals surface area contributed by atoms with Crippen molar-refractivity contribution in [1.82, 2.24) is 0 Å². The molecular formula is C37H49N2+. The van der Waals surface area contributed by atoms with E-state index in [4.69, 9.17) is 0 Å². The molecule has 2 heteroatoms. The number of nitrogens with zero attached hydrogens (tertiary/aromatic N) is 2. The molecule has 2 aromatic rings. The van der Waals surface area contributed by atoms with Crippen LogP contribution in [0.5, 0.6) is 0 Å². The lowest BCUT2D eigenvalue weighted by atomic mass is 9.76. The molecule has 0 saturated heterocycles. The third-order valence-electron chi connectivity index (χ3n) is 10.2. The average molecular weight is 522 g/mol. The van der Waals surface area contributed by atoms with Gasteiger partial charge in [0.1, 0.15) is 7.05 Å². The summed E-state index contributed by atoms with van der Waals surface area (Å²) in [5, 5.41) is 0. The van der Waals surface area contributed by atoms with Crippen LogP contribution in [0.4, 0.5) is 11.4 Å². The van der Waals surface area contributed by atoms with Crippen molar-refractivity contribution in [3.8, 4) is 0 Å². The lowest BCUT2D eigenvalue weighted by Crippen LogP contribution is -2.27. The zero-order chi connectivity index (χ0) is 29.2. The van der Waals surface area contributed by atoms with Gasteiger partial charge in [-0.05, 0) is 120 Å². The van der Waals surface area contributed by atoms with Gasteiger partial charge in [-0.2, -0.15) is 4.58 Å². The van der Waals surface area contributed by atoms with Crippen LogP contribution in [0.1, 0.15) is 83.3 Å². The maximum atomic E-state index is 2.40. The Morgan fingerprint density at radius 3 is 1.67 bits per heavy atom. The Bertz CT molecular complexity index is 1530. The van der Waals surface area contributed by atoms with E-state index in [1.807, 2.05) is 0 Å². The Hall–Kier alpha value is -3.13. The fraction of sp³-hybridized carbons (Fsp3) is 0.432. The summed E-state index contributed by atoms with van der Waals surface area (Å²) < 4.78 is 2.40. The predicted molar refractivity (Wildman–Crippen MR) is 172 cm³/mol. The normalized spacial score (nSPS) is 19.0. The highest BCUT2D eigenvalue weighted by molar-refractivity contribution is 6.04. The zero-order valence-corrected chi connectivity index (χ0v) is 26.9. The van der Waals surface area contributed by atoms with Crippen LogP contribution in [0.2, 0.25) is 0 Å². The number of fused-ring (bicyclic) bond motifs is 2. The van der Waals surface area contributed by atoms with Gasteiger partial charge >= 0.3 is 0 Å². The van der Waals surface area contributed by atoms with E-state index in [1.54, 1.807) is 0 Å². The number of rotatable bonds is 4. The summed E-state index contributed by atoms with van der Waals surface area (Å²) >= 11 is 0. The van der Waals surface area contributed by atoms with E-state index < -0.39 is 0 Å². The van der Waals surface area contributed by atoms with Gasteiger partial charge in [0.05, 0.1) is 5.41 Å². The minimum Gasteiger partial charge on any atom is -0.347 e. The van der Waals surface area contributed by atoms with E-state index >= 15 is 0 Å². The lowest BCUT2D eigenvalue weighted by Gasteiger charge is -2.24. The predicted octanol–water partition coefficient (Wildman–Crippen LogP) is 9.14. The first-order chi connectivity index (χ1) is 18.1. The fourth-order valence-corrected chi connectivity index (χ4v) is 7.42. The van der Waals surface area contributed by atoms with Crippen molar-refractivity contribution in [2.45, 2.75) is 93.9 Å². The zero-order valence-electron chi connectivity index (χ0n) is 26.9. The Morgan fingerprint density at radius 1 is 0.564 bits per heavy atom. The molecule has 0 bridgehead atoms. The third kappa shape index (κ3) is 4.19. The number of hydrogen-bond donors (Lipinski definition) is 0. The summed E-state index contributed by atoms with van der Waals surface area (Å²) in [6.45, 7) is 27.6. The van der Waals surface area contributed by atoms with Gasteiger partial charge < -0.3 is 4.90 Å². The smallest absolute Gasteiger partial charge is 0.213 e. The van der Waals surface area contributed by atoms with Crippen LogP contribution in [0, 0.1) is 55.4 Å². The monoisotopic (exact) mass is 521 g/mol. The largest absolute Gasteiger partial charge is 0.347 e. The molecule has 0 aromatic heterocycles. The van der Waals surface area contributed by atoms with Gasteiger partial charge in [0.25, 0.3) is 0 Å². The molecule has 2 aromatic carbocycles. The fourth-order valence-electron chi connectivity index (χ4n) is 7.42. The van der Waals surface area contributed by atoms with Crippen molar-refractivity contribution in [2.75, 3.05) is 19.0 Å². The molecule has 0 radical (unpaired) electrons. The second kappa shape index (κ2) is 9.81. The van der Waals surface area contributed by atoms with Crippen LogP contribution >= 0.6 is 0 Å². The molecule has 2 heterocycles. The molecule has 0 spiro atoms. The summed E-state index contributed by atoms with van der Waals surface area (Å²) in [5.74, 6) is 0. The van der Waals surface area contributed by atoms with Crippen molar-refractivity contribution in [3.63, 3.8) is 0 Å². The van der Waals surface area contributed by atoms with E-state index in [0.29, 0.717) is 0 Å². The number of benzene rings is 2. The van der Waals surface area contributed by atoms with Gasteiger partial charge in [-0.1, -0.05) is 44.2 Å². The summed E-state index contributed by atoms with van der Waals surface area (Å²) in [7, 11) is 4.43. The van der Waals surface area contributed by atoms with Gasteiger partial charge in [-0.15, -0.1) is 0 Å². The Balaban J connectivity index is 1.57. The molecule has 2 aliphatic rings. The topological polar surface area (TPSA) is 6.25 Å². The van der Waals surface area contributed by atoms with Crippen molar-refractivity contribution >= 4 is 17.1 Å². The molecule has 0 fully saturated rings. The molecule has 0 atom stereocenters. The molecule has 0 saturated carbocycles. The molecule has 206 valence electrons. The molecule has 0 aliphatic carbocycles. The minimum absolute atomic E-state index is 0.0252. The summed E-state index contributed by atoms with van der Waals surface area (Å²) in [6.07, 6.45) is 15.4. The quantitative estimate of drug-likeness (QED) is 0.287. The van der Waals surface area contributed by atoms with E-state index in [2.05, 4.69) is 149 Å². The average Bonchev–Trinajstić information content (AvgIpc) is 3.20. The van der Waals surface area contributed by atoms with Crippen LogP contribution in [-0.2, 0) is 10.8 Å². The second-order valence-electron chi connectivity index (χ2n) is 12.9. The van der Waals surface area contributed by atoms with Crippen LogP contribution in [0.25, 0.3) is 0 Å². The minimum atomic E-state index is -0.0252. The van der Waals surface area contributed by atoms with Crippen molar-refractivity contribution < 1.29 is 4.58 Å². The molecule has 0 N–H and O–H groups in total. The van der Waals surface area contributed by atoms with Crippen LogP contribution in [-0.4, -0.2) is 24.4 Å². The van der Waals surface area contributed by atoms with E-state index in [1.165, 1.54) is 78.4 Å². The maximum Gasteiger partial charge on any atom is 0.213 e. The molecule has 0 unspecified atom stereocenters. The summed E-state index contributed by atoms with van der Waals surface area (Å²) in [4.78, 5) is 2.40. The van der Waals surface area contributed by atoms with E-state index in [-0.39, 0.29) is 10.8 Å². The molecule has 2 nitrogen and oxygen atoms in total. The summed E-state index contributed by atoms with van der Waals surface area (Å²) in [5.41, 5.74) is 19.7. The van der Waals surface area contributed by atoms with Crippen LogP contribution in [0.3, 0.4) is 0 Å². The second-order valence-corrected chi connectivity index (χ2v) is 12.9. The van der Waals surface area contributed by atoms with E-state index in [9.17, 15) is 0 Å². The van der Waals surface area contributed by atoms with Crippen LogP contribution in [0.15, 0.2) is 48.2 Å². The van der Waals surface area contributed by atoms with Crippen molar-refractivity contribution in [1.29, 1.82) is 0 Å². The van der Waals surface area contributed by atoms with Crippen LogP contribution < -0.4 is 4.90 Å². The Kier molecular flexibility index (Phi) is 7.26. The van der Waals surface area contributed by atoms with Gasteiger partial charge in [-0.25, -0.2) is 0 Å². The Morgan fingerprint density at radius 2 is 1.05 bits per heavy atom. The molecule has 2 aliphatic heterocycles. The number of hydrogen-bond acceptors (Lipinski definition) is 1. The van der Waals surface area contributed by atoms with Crippen molar-refractivity contribution in [3.05, 3.63) is 104 Å². The highest BCUT2D eigenvalue weighted by Crippen LogP contribution is 2.51. The highest BCUT2D eigenvalue weighted by atomic mass is 15.2. The maximum absolute atomic E-state index is 2.40. The first-order valence-electron chi connectivity index (χ1n) is 14.4. The van der Waals surface area contributed by atoms with E-state index in [0.717, 1.165) is 0 Å². The molecular weight excluding hydrogens is 472 g/mol. The standard InChI is InChI=1S/C37H49N2/c1-22-24(3)28(7)34-32(26(22)5)36(9,10)30(38(34)13)20-18-16-15-17-19-21-31-37(11,12)33-27(6)23(2)25(4)29(8)35(33)39(31)14/h15-21H,1-14H3/q+1. The van der Waals surface area contributed by atoms with Crippen molar-refractivity contribution in [2.24, 2.45) is 0 Å². The first kappa shape index (κ1) is 28.9. The first-order valence-corrected chi connectivity index (χ1v) is 14.4. The molecule has 4 rings (SSSR count).